The minimum Gasteiger partial charge on any atom is -0.256 e. The Labute approximate surface area is 99.0 Å². The van der Waals surface area contributed by atoms with E-state index in [1.54, 1.807) is 18.0 Å². The molecule has 0 aliphatic heterocycles. The lowest BCUT2D eigenvalue weighted by Gasteiger charge is -2.06. The third-order valence-electron chi connectivity index (χ3n) is 2.27. The number of hydrogen-bond donors (Lipinski definition) is 0. The molecule has 0 saturated carbocycles. The summed E-state index contributed by atoms with van der Waals surface area (Å²) in [6, 6.07) is 13.6. The van der Waals surface area contributed by atoms with Crippen molar-refractivity contribution in [2.45, 2.75) is 4.90 Å². The average Bonchev–Trinajstić information content (AvgIpc) is 2.39. The second-order valence-electron chi connectivity index (χ2n) is 3.24. The van der Waals surface area contributed by atoms with E-state index in [4.69, 9.17) is 5.26 Å². The van der Waals surface area contributed by atoms with Crippen LogP contribution in [-0.4, -0.2) is 11.2 Å². The zero-order chi connectivity index (χ0) is 11.4. The number of pyridine rings is 1. The summed E-state index contributed by atoms with van der Waals surface area (Å²) >= 11 is 1.63. The molecule has 2 rings (SSSR count). The highest BCUT2D eigenvalue weighted by Gasteiger charge is 2.06. The van der Waals surface area contributed by atoms with E-state index in [1.165, 1.54) is 0 Å². The fraction of sp³-hybridized carbons (Fsp3) is 0.0769. The molecule has 1 aromatic heterocycles. The Morgan fingerprint density at radius 1 is 1.25 bits per heavy atom. The molecule has 0 aliphatic rings. The molecule has 16 heavy (non-hydrogen) atoms. The predicted molar refractivity (Wildman–Crippen MR) is 66.2 cm³/mol. The quantitative estimate of drug-likeness (QED) is 0.737. The smallest absolute Gasteiger partial charge is 0.0992 e. The van der Waals surface area contributed by atoms with Crippen LogP contribution in [0.2, 0.25) is 0 Å². The van der Waals surface area contributed by atoms with Crippen molar-refractivity contribution in [2.75, 3.05) is 6.26 Å². The number of benzene rings is 1. The first-order valence-corrected chi connectivity index (χ1v) is 6.07. The van der Waals surface area contributed by atoms with Gasteiger partial charge in [0.1, 0.15) is 0 Å². The van der Waals surface area contributed by atoms with Gasteiger partial charge in [-0.05, 0) is 30.5 Å². The van der Waals surface area contributed by atoms with Crippen LogP contribution >= 0.6 is 11.8 Å². The van der Waals surface area contributed by atoms with Crippen LogP contribution in [0, 0.1) is 11.3 Å². The van der Waals surface area contributed by atoms with E-state index in [-0.39, 0.29) is 0 Å². The summed E-state index contributed by atoms with van der Waals surface area (Å²) in [5.41, 5.74) is 2.70. The topological polar surface area (TPSA) is 36.7 Å². The number of rotatable bonds is 2. The predicted octanol–water partition coefficient (Wildman–Crippen LogP) is 3.34. The van der Waals surface area contributed by atoms with Crippen molar-refractivity contribution in [3.05, 3.63) is 48.2 Å². The highest BCUT2D eigenvalue weighted by Crippen LogP contribution is 2.29. The molecule has 1 aromatic carbocycles. The minimum atomic E-state index is 0.684. The van der Waals surface area contributed by atoms with Crippen molar-refractivity contribution < 1.29 is 0 Å². The van der Waals surface area contributed by atoms with Crippen molar-refractivity contribution >= 4 is 11.8 Å². The highest BCUT2D eigenvalue weighted by atomic mass is 32.2. The SMILES string of the molecule is CSc1cc(C#N)ccc1-c1ccccn1. The molecule has 0 unspecified atom stereocenters. The number of aromatic nitrogens is 1. The average molecular weight is 226 g/mol. The largest absolute Gasteiger partial charge is 0.256 e. The first-order chi connectivity index (χ1) is 7.85. The van der Waals surface area contributed by atoms with Crippen LogP contribution < -0.4 is 0 Å². The Morgan fingerprint density at radius 2 is 2.12 bits per heavy atom. The van der Waals surface area contributed by atoms with Crippen LogP contribution in [0.3, 0.4) is 0 Å². The summed E-state index contributed by atoms with van der Waals surface area (Å²) in [7, 11) is 0. The van der Waals surface area contributed by atoms with Gasteiger partial charge in [-0.25, -0.2) is 0 Å². The Bertz CT molecular complexity index is 529. The van der Waals surface area contributed by atoms with Gasteiger partial charge in [-0.1, -0.05) is 12.1 Å². The summed E-state index contributed by atoms with van der Waals surface area (Å²) in [5, 5.41) is 8.84. The van der Waals surface area contributed by atoms with E-state index in [2.05, 4.69) is 11.1 Å². The highest BCUT2D eigenvalue weighted by molar-refractivity contribution is 7.98. The first-order valence-electron chi connectivity index (χ1n) is 4.84. The number of hydrogen-bond acceptors (Lipinski definition) is 3. The Hall–Kier alpha value is -1.79. The van der Waals surface area contributed by atoms with Crippen molar-refractivity contribution in [1.82, 2.24) is 4.98 Å². The summed E-state index contributed by atoms with van der Waals surface area (Å²) in [6.07, 6.45) is 3.78. The van der Waals surface area contributed by atoms with Gasteiger partial charge < -0.3 is 0 Å². The van der Waals surface area contributed by atoms with Crippen LogP contribution in [0.5, 0.6) is 0 Å². The molecule has 0 amide bonds. The Morgan fingerprint density at radius 3 is 2.75 bits per heavy atom. The molecular weight excluding hydrogens is 216 g/mol. The van der Waals surface area contributed by atoms with Gasteiger partial charge in [-0.3, -0.25) is 4.98 Å². The van der Waals surface area contributed by atoms with Gasteiger partial charge in [0.2, 0.25) is 0 Å². The lowest BCUT2D eigenvalue weighted by Crippen LogP contribution is -1.86. The summed E-state index contributed by atoms with van der Waals surface area (Å²) in [5.74, 6) is 0. The molecule has 0 saturated heterocycles. The monoisotopic (exact) mass is 226 g/mol. The second-order valence-corrected chi connectivity index (χ2v) is 4.09. The van der Waals surface area contributed by atoms with E-state index >= 15 is 0 Å². The van der Waals surface area contributed by atoms with Gasteiger partial charge in [-0.2, -0.15) is 5.26 Å². The zero-order valence-corrected chi connectivity index (χ0v) is 9.66. The number of thioether (sulfide) groups is 1. The van der Waals surface area contributed by atoms with Gasteiger partial charge in [0.25, 0.3) is 0 Å². The first kappa shape index (κ1) is 10.7. The molecule has 0 N–H and O–H groups in total. The normalized spacial score (nSPS) is 9.75. The molecule has 0 bridgehead atoms. The fourth-order valence-corrected chi connectivity index (χ4v) is 2.13. The molecule has 0 atom stereocenters. The Balaban J connectivity index is 2.54. The zero-order valence-electron chi connectivity index (χ0n) is 8.84. The van der Waals surface area contributed by atoms with Crippen LogP contribution in [0.4, 0.5) is 0 Å². The second kappa shape index (κ2) is 4.82. The van der Waals surface area contributed by atoms with Crippen molar-refractivity contribution in [3.63, 3.8) is 0 Å². The van der Waals surface area contributed by atoms with Gasteiger partial charge in [-0.15, -0.1) is 11.8 Å². The molecule has 2 aromatic rings. The van der Waals surface area contributed by atoms with Crippen molar-refractivity contribution in [1.29, 1.82) is 5.26 Å². The molecule has 78 valence electrons. The van der Waals surface area contributed by atoms with Crippen LogP contribution in [0.25, 0.3) is 11.3 Å². The lowest BCUT2D eigenvalue weighted by atomic mass is 10.1. The Kier molecular flexibility index (Phi) is 3.23. The maximum atomic E-state index is 8.84. The van der Waals surface area contributed by atoms with Crippen LogP contribution in [0.1, 0.15) is 5.56 Å². The molecule has 0 fully saturated rings. The van der Waals surface area contributed by atoms with Crippen molar-refractivity contribution in [3.8, 4) is 17.3 Å². The van der Waals surface area contributed by atoms with Gasteiger partial charge in [0, 0.05) is 16.7 Å². The van der Waals surface area contributed by atoms with E-state index in [0.29, 0.717) is 5.56 Å². The molecule has 3 heteroatoms. The lowest BCUT2D eigenvalue weighted by molar-refractivity contribution is 1.29. The summed E-state index contributed by atoms with van der Waals surface area (Å²) < 4.78 is 0. The maximum absolute atomic E-state index is 8.84. The molecule has 2 nitrogen and oxygen atoms in total. The molecule has 0 aliphatic carbocycles. The fourth-order valence-electron chi connectivity index (χ4n) is 1.49. The van der Waals surface area contributed by atoms with E-state index in [9.17, 15) is 0 Å². The number of nitriles is 1. The molecule has 0 radical (unpaired) electrons. The molecule has 1 heterocycles. The number of nitrogens with zero attached hydrogens (tertiary/aromatic N) is 2. The van der Waals surface area contributed by atoms with Crippen LogP contribution in [0.15, 0.2) is 47.5 Å². The minimum absolute atomic E-state index is 0.684. The van der Waals surface area contributed by atoms with Gasteiger partial charge in [0.05, 0.1) is 17.3 Å². The van der Waals surface area contributed by atoms with E-state index in [0.717, 1.165) is 16.2 Å². The van der Waals surface area contributed by atoms with E-state index in [1.807, 2.05) is 42.7 Å². The maximum Gasteiger partial charge on any atom is 0.0992 e. The third kappa shape index (κ3) is 2.07. The third-order valence-corrected chi connectivity index (χ3v) is 3.05. The van der Waals surface area contributed by atoms with E-state index < -0.39 is 0 Å². The summed E-state index contributed by atoms with van der Waals surface area (Å²) in [4.78, 5) is 5.40. The van der Waals surface area contributed by atoms with Crippen molar-refractivity contribution in [2.24, 2.45) is 0 Å². The summed E-state index contributed by atoms with van der Waals surface area (Å²) in [6.45, 7) is 0. The van der Waals surface area contributed by atoms with Gasteiger partial charge in [0.15, 0.2) is 0 Å². The molecular formula is C13H10N2S. The van der Waals surface area contributed by atoms with Gasteiger partial charge >= 0.3 is 0 Å². The molecule has 0 spiro atoms. The standard InChI is InChI=1S/C13H10N2S/c1-16-13-8-10(9-14)5-6-11(13)12-4-2-3-7-15-12/h2-8H,1H3. The van der Waals surface area contributed by atoms with Crippen LogP contribution in [-0.2, 0) is 0 Å².